The third-order valence-electron chi connectivity index (χ3n) is 2.63. The van der Waals surface area contributed by atoms with Crippen LogP contribution >= 0.6 is 27.3 Å². The van der Waals surface area contributed by atoms with Crippen LogP contribution in [0.2, 0.25) is 0 Å². The van der Waals surface area contributed by atoms with Gasteiger partial charge in [0.1, 0.15) is 0 Å². The van der Waals surface area contributed by atoms with Gasteiger partial charge in [-0.15, -0.1) is 11.3 Å². The molecule has 0 aliphatic heterocycles. The lowest BCUT2D eigenvalue weighted by Gasteiger charge is -2.05. The minimum atomic E-state index is -0.0471. The molecule has 88 valence electrons. The van der Waals surface area contributed by atoms with E-state index in [1.165, 1.54) is 4.88 Å². The van der Waals surface area contributed by atoms with Crippen molar-refractivity contribution in [1.82, 2.24) is 0 Å². The van der Waals surface area contributed by atoms with Gasteiger partial charge in [-0.25, -0.2) is 0 Å². The maximum absolute atomic E-state index is 12.0. The van der Waals surface area contributed by atoms with Gasteiger partial charge in [0.15, 0.2) is 0 Å². The zero-order chi connectivity index (χ0) is 12.4. The molecule has 0 bridgehead atoms. The topological polar surface area (TPSA) is 29.1 Å². The zero-order valence-electron chi connectivity index (χ0n) is 9.58. The number of hydrogen-bond acceptors (Lipinski definition) is 2. The molecular formula is C13H12BrNOS. The van der Waals surface area contributed by atoms with Crippen molar-refractivity contribution < 1.29 is 4.79 Å². The van der Waals surface area contributed by atoms with Crippen molar-refractivity contribution in [3.05, 3.63) is 50.1 Å². The quantitative estimate of drug-likeness (QED) is 0.876. The Kier molecular flexibility index (Phi) is 3.64. The molecule has 0 radical (unpaired) electrons. The predicted octanol–water partition coefficient (Wildman–Crippen LogP) is 4.38. The van der Waals surface area contributed by atoms with Gasteiger partial charge < -0.3 is 5.32 Å². The van der Waals surface area contributed by atoms with Crippen molar-refractivity contribution in [2.75, 3.05) is 5.32 Å². The number of halogens is 1. The summed E-state index contributed by atoms with van der Waals surface area (Å²) in [6.07, 6.45) is 0. The van der Waals surface area contributed by atoms with E-state index < -0.39 is 0 Å². The molecule has 0 unspecified atom stereocenters. The number of nitrogens with one attached hydrogen (secondary N) is 1. The van der Waals surface area contributed by atoms with E-state index in [1.54, 1.807) is 11.3 Å². The van der Waals surface area contributed by atoms with Crippen LogP contribution in [0.15, 0.2) is 34.1 Å². The summed E-state index contributed by atoms with van der Waals surface area (Å²) in [6, 6.07) is 7.55. The molecule has 0 aliphatic rings. The highest BCUT2D eigenvalue weighted by Gasteiger charge is 2.12. The number of aryl methyl sites for hydroxylation is 1. The van der Waals surface area contributed by atoms with E-state index in [0.717, 1.165) is 21.3 Å². The van der Waals surface area contributed by atoms with Crippen molar-refractivity contribution >= 4 is 38.9 Å². The molecule has 1 aromatic carbocycles. The lowest BCUT2D eigenvalue weighted by Crippen LogP contribution is -2.12. The Labute approximate surface area is 113 Å². The van der Waals surface area contributed by atoms with Gasteiger partial charge in [0.25, 0.3) is 5.91 Å². The van der Waals surface area contributed by atoms with Crippen LogP contribution < -0.4 is 5.32 Å². The Morgan fingerprint density at radius 3 is 2.41 bits per heavy atom. The maximum atomic E-state index is 12.0. The molecular weight excluding hydrogens is 298 g/mol. The SMILES string of the molecule is Cc1scc(C(=O)Nc2ccc(Br)cc2)c1C. The fourth-order valence-electron chi connectivity index (χ4n) is 1.47. The summed E-state index contributed by atoms with van der Waals surface area (Å²) in [5, 5.41) is 4.79. The molecule has 2 rings (SSSR count). The molecule has 0 saturated carbocycles. The van der Waals surface area contributed by atoms with Crippen LogP contribution in [0.3, 0.4) is 0 Å². The second-order valence-electron chi connectivity index (χ2n) is 3.79. The van der Waals surface area contributed by atoms with E-state index >= 15 is 0 Å². The van der Waals surface area contributed by atoms with Crippen molar-refractivity contribution in [2.45, 2.75) is 13.8 Å². The van der Waals surface area contributed by atoms with Gasteiger partial charge in [-0.1, -0.05) is 15.9 Å². The van der Waals surface area contributed by atoms with Gasteiger partial charge >= 0.3 is 0 Å². The van der Waals surface area contributed by atoms with Gasteiger partial charge in [0, 0.05) is 20.4 Å². The molecule has 0 spiro atoms. The van der Waals surface area contributed by atoms with Gasteiger partial charge in [-0.05, 0) is 43.7 Å². The first-order valence-electron chi connectivity index (χ1n) is 5.19. The first-order valence-corrected chi connectivity index (χ1v) is 6.87. The van der Waals surface area contributed by atoms with Crippen LogP contribution in [0.1, 0.15) is 20.8 Å². The van der Waals surface area contributed by atoms with Gasteiger partial charge in [-0.3, -0.25) is 4.79 Å². The molecule has 4 heteroatoms. The Hall–Kier alpha value is -1.13. The van der Waals surface area contributed by atoms with E-state index in [2.05, 4.69) is 21.2 Å². The molecule has 2 nitrogen and oxygen atoms in total. The Morgan fingerprint density at radius 1 is 1.24 bits per heavy atom. The highest BCUT2D eigenvalue weighted by Crippen LogP contribution is 2.22. The lowest BCUT2D eigenvalue weighted by atomic mass is 10.1. The van der Waals surface area contributed by atoms with Crippen LogP contribution in [-0.2, 0) is 0 Å². The summed E-state index contributed by atoms with van der Waals surface area (Å²) in [6.45, 7) is 4.00. The Balaban J connectivity index is 2.17. The van der Waals surface area contributed by atoms with E-state index in [-0.39, 0.29) is 5.91 Å². The molecule has 0 fully saturated rings. The van der Waals surface area contributed by atoms with Crippen LogP contribution in [0.5, 0.6) is 0 Å². The minimum Gasteiger partial charge on any atom is -0.322 e. The smallest absolute Gasteiger partial charge is 0.256 e. The van der Waals surface area contributed by atoms with Crippen molar-refractivity contribution in [1.29, 1.82) is 0 Å². The fraction of sp³-hybridized carbons (Fsp3) is 0.154. The standard InChI is InChI=1S/C13H12BrNOS/c1-8-9(2)17-7-12(8)13(16)15-11-5-3-10(14)4-6-11/h3-7H,1-2H3,(H,15,16). The Morgan fingerprint density at radius 2 is 1.88 bits per heavy atom. The van der Waals surface area contributed by atoms with Crippen molar-refractivity contribution in [3.63, 3.8) is 0 Å². The highest BCUT2D eigenvalue weighted by molar-refractivity contribution is 9.10. The van der Waals surface area contributed by atoms with E-state index in [4.69, 9.17) is 0 Å². The number of carbonyl (C=O) groups excluding carboxylic acids is 1. The second kappa shape index (κ2) is 5.02. The summed E-state index contributed by atoms with van der Waals surface area (Å²) >= 11 is 4.96. The molecule has 1 aromatic heterocycles. The third kappa shape index (κ3) is 2.76. The number of benzene rings is 1. The van der Waals surface area contributed by atoms with E-state index in [0.29, 0.717) is 0 Å². The zero-order valence-corrected chi connectivity index (χ0v) is 12.0. The van der Waals surface area contributed by atoms with Crippen LogP contribution in [0.4, 0.5) is 5.69 Å². The number of amides is 1. The maximum Gasteiger partial charge on any atom is 0.256 e. The van der Waals surface area contributed by atoms with E-state index in [9.17, 15) is 4.79 Å². The molecule has 1 amide bonds. The van der Waals surface area contributed by atoms with Gasteiger partial charge in [0.2, 0.25) is 0 Å². The number of rotatable bonds is 2. The number of carbonyl (C=O) groups is 1. The number of hydrogen-bond donors (Lipinski definition) is 1. The average molecular weight is 310 g/mol. The first-order chi connectivity index (χ1) is 8.08. The fourth-order valence-corrected chi connectivity index (χ4v) is 2.60. The lowest BCUT2D eigenvalue weighted by molar-refractivity contribution is 0.102. The van der Waals surface area contributed by atoms with Crippen LogP contribution in [-0.4, -0.2) is 5.91 Å². The summed E-state index contributed by atoms with van der Waals surface area (Å²) in [5.41, 5.74) is 2.63. The van der Waals surface area contributed by atoms with Gasteiger partial charge in [-0.2, -0.15) is 0 Å². The van der Waals surface area contributed by atoms with Crippen LogP contribution in [0.25, 0.3) is 0 Å². The highest BCUT2D eigenvalue weighted by atomic mass is 79.9. The summed E-state index contributed by atoms with van der Waals surface area (Å²) in [5.74, 6) is -0.0471. The minimum absolute atomic E-state index is 0.0471. The normalized spacial score (nSPS) is 10.3. The summed E-state index contributed by atoms with van der Waals surface area (Å²) in [7, 11) is 0. The molecule has 1 heterocycles. The molecule has 17 heavy (non-hydrogen) atoms. The first kappa shape index (κ1) is 12.3. The molecule has 0 saturated heterocycles. The van der Waals surface area contributed by atoms with Crippen molar-refractivity contribution in [3.8, 4) is 0 Å². The second-order valence-corrected chi connectivity index (χ2v) is 5.79. The number of thiophene rings is 1. The third-order valence-corrected chi connectivity index (χ3v) is 4.17. The number of anilines is 1. The molecule has 0 aliphatic carbocycles. The summed E-state index contributed by atoms with van der Waals surface area (Å²) in [4.78, 5) is 13.2. The van der Waals surface area contributed by atoms with E-state index in [1.807, 2.05) is 43.5 Å². The predicted molar refractivity (Wildman–Crippen MR) is 75.9 cm³/mol. The monoisotopic (exact) mass is 309 g/mol. The largest absolute Gasteiger partial charge is 0.322 e. The van der Waals surface area contributed by atoms with Gasteiger partial charge in [0.05, 0.1) is 5.56 Å². The average Bonchev–Trinajstić information content (AvgIpc) is 2.63. The molecule has 1 N–H and O–H groups in total. The summed E-state index contributed by atoms with van der Waals surface area (Å²) < 4.78 is 0.998. The Bertz CT molecular complexity index is 545. The molecule has 0 atom stereocenters. The van der Waals surface area contributed by atoms with Crippen LogP contribution in [0, 0.1) is 13.8 Å². The molecule has 2 aromatic rings. The van der Waals surface area contributed by atoms with Crippen molar-refractivity contribution in [2.24, 2.45) is 0 Å².